The van der Waals surface area contributed by atoms with E-state index in [1.165, 1.54) is 12.1 Å². The Morgan fingerprint density at radius 1 is 1.38 bits per heavy atom. The Morgan fingerprint density at radius 2 is 2.05 bits per heavy atom. The number of thiophene rings is 1. The van der Waals surface area contributed by atoms with Crippen LogP contribution in [0.3, 0.4) is 0 Å². The number of carboxylic acids is 1. The quantitative estimate of drug-likeness (QED) is 0.832. The van der Waals surface area contributed by atoms with Gasteiger partial charge in [0.2, 0.25) is 0 Å². The molecule has 0 atom stereocenters. The third-order valence-corrected chi connectivity index (χ3v) is 6.13. The van der Waals surface area contributed by atoms with Crippen LogP contribution >= 0.6 is 27.3 Å². The molecule has 0 amide bonds. The molecule has 5 nitrogen and oxygen atoms in total. The van der Waals surface area contributed by atoms with E-state index in [2.05, 4.69) is 20.7 Å². The normalized spacial score (nSPS) is 11.4. The fourth-order valence-electron chi connectivity index (χ4n) is 1.54. The van der Waals surface area contributed by atoms with Crippen molar-refractivity contribution in [3.05, 3.63) is 44.3 Å². The van der Waals surface area contributed by atoms with Crippen LogP contribution in [0, 0.1) is 12.7 Å². The van der Waals surface area contributed by atoms with Crippen molar-refractivity contribution >= 4 is 48.9 Å². The van der Waals surface area contributed by atoms with Crippen molar-refractivity contribution < 1.29 is 22.7 Å². The van der Waals surface area contributed by atoms with Crippen LogP contribution in [0.4, 0.5) is 10.1 Å². The second-order valence-electron chi connectivity index (χ2n) is 4.14. The highest BCUT2D eigenvalue weighted by Crippen LogP contribution is 2.33. The number of halogens is 2. The van der Waals surface area contributed by atoms with Crippen molar-refractivity contribution in [2.45, 2.75) is 11.8 Å². The van der Waals surface area contributed by atoms with Gasteiger partial charge in [-0.05, 0) is 46.6 Å². The zero-order valence-electron chi connectivity index (χ0n) is 10.6. The molecule has 1 aromatic carbocycles. The zero-order chi connectivity index (χ0) is 15.8. The Bertz CT molecular complexity index is 817. The molecule has 2 N–H and O–H groups in total. The standard InChI is InChI=1S/C12H9BrFNO4S2/c1-6-2-3-8(7(14)4-6)15-21(18,19)10-5-9(12(16)17)20-11(10)13/h2-5,15H,1H3,(H,16,17). The number of aryl methyl sites for hydroxylation is 1. The number of nitrogens with one attached hydrogen (secondary N) is 1. The predicted octanol–water partition coefficient (Wildman–Crippen LogP) is 3.46. The topological polar surface area (TPSA) is 83.5 Å². The summed E-state index contributed by atoms with van der Waals surface area (Å²) in [6, 6.07) is 5.08. The SMILES string of the molecule is Cc1ccc(NS(=O)(=O)c2cc(C(=O)O)sc2Br)c(F)c1. The van der Waals surface area contributed by atoms with E-state index in [1.807, 2.05) is 0 Å². The molecule has 1 heterocycles. The molecule has 0 fully saturated rings. The van der Waals surface area contributed by atoms with Crippen LogP contribution in [-0.2, 0) is 10.0 Å². The number of anilines is 1. The van der Waals surface area contributed by atoms with Gasteiger partial charge in [0.1, 0.15) is 15.6 Å². The summed E-state index contributed by atoms with van der Waals surface area (Å²) in [5, 5.41) is 8.87. The van der Waals surface area contributed by atoms with Crippen molar-refractivity contribution in [3.8, 4) is 0 Å². The van der Waals surface area contributed by atoms with Crippen LogP contribution < -0.4 is 4.72 Å². The summed E-state index contributed by atoms with van der Waals surface area (Å²) in [6.45, 7) is 1.68. The average Bonchev–Trinajstić information content (AvgIpc) is 2.76. The van der Waals surface area contributed by atoms with Crippen LogP contribution in [0.2, 0.25) is 0 Å². The van der Waals surface area contributed by atoms with Gasteiger partial charge in [0.25, 0.3) is 10.0 Å². The summed E-state index contributed by atoms with van der Waals surface area (Å²) in [5.74, 6) is -1.94. The number of carboxylic acid groups (broad SMARTS) is 1. The van der Waals surface area contributed by atoms with Crippen molar-refractivity contribution in [1.82, 2.24) is 0 Å². The van der Waals surface area contributed by atoms with Crippen molar-refractivity contribution in [3.63, 3.8) is 0 Å². The molecule has 21 heavy (non-hydrogen) atoms. The van der Waals surface area contributed by atoms with Crippen LogP contribution in [0.25, 0.3) is 0 Å². The van der Waals surface area contributed by atoms with Crippen molar-refractivity contribution in [2.24, 2.45) is 0 Å². The smallest absolute Gasteiger partial charge is 0.345 e. The molecule has 2 aromatic rings. The Balaban J connectivity index is 2.41. The lowest BCUT2D eigenvalue weighted by Crippen LogP contribution is -2.13. The predicted molar refractivity (Wildman–Crippen MR) is 80.9 cm³/mol. The van der Waals surface area contributed by atoms with E-state index >= 15 is 0 Å². The summed E-state index contributed by atoms with van der Waals surface area (Å²) in [4.78, 5) is 10.5. The molecule has 1 aromatic heterocycles. The fourth-order valence-corrected chi connectivity index (χ4v) is 5.01. The number of carbonyl (C=O) groups is 1. The molecule has 0 radical (unpaired) electrons. The number of hydrogen-bond acceptors (Lipinski definition) is 4. The number of aromatic carboxylic acids is 1. The van der Waals surface area contributed by atoms with Gasteiger partial charge in [0.15, 0.2) is 0 Å². The minimum atomic E-state index is -4.08. The van der Waals surface area contributed by atoms with Gasteiger partial charge in [-0.25, -0.2) is 17.6 Å². The number of benzene rings is 1. The number of hydrogen-bond donors (Lipinski definition) is 2. The van der Waals surface area contributed by atoms with E-state index in [1.54, 1.807) is 13.0 Å². The number of sulfonamides is 1. The van der Waals surface area contributed by atoms with Crippen LogP contribution in [0.15, 0.2) is 32.9 Å². The molecular weight excluding hydrogens is 385 g/mol. The van der Waals surface area contributed by atoms with Gasteiger partial charge in [-0.15, -0.1) is 11.3 Å². The van der Waals surface area contributed by atoms with Gasteiger partial charge in [-0.1, -0.05) is 6.07 Å². The molecule has 0 aliphatic heterocycles. The molecule has 112 valence electrons. The lowest BCUT2D eigenvalue weighted by Gasteiger charge is -2.08. The maximum Gasteiger partial charge on any atom is 0.345 e. The molecule has 0 saturated heterocycles. The van der Waals surface area contributed by atoms with Gasteiger partial charge in [0, 0.05) is 0 Å². The molecule has 9 heteroatoms. The first kappa shape index (κ1) is 15.9. The third kappa shape index (κ3) is 3.42. The van der Waals surface area contributed by atoms with E-state index in [-0.39, 0.29) is 19.2 Å². The molecular formula is C12H9BrFNO4S2. The zero-order valence-corrected chi connectivity index (χ0v) is 13.8. The second kappa shape index (κ2) is 5.74. The lowest BCUT2D eigenvalue weighted by atomic mass is 10.2. The summed E-state index contributed by atoms with van der Waals surface area (Å²) in [6.07, 6.45) is 0. The first-order valence-electron chi connectivity index (χ1n) is 5.52. The van der Waals surface area contributed by atoms with Crippen LogP contribution in [0.1, 0.15) is 15.2 Å². The van der Waals surface area contributed by atoms with E-state index in [9.17, 15) is 17.6 Å². The van der Waals surface area contributed by atoms with E-state index in [4.69, 9.17) is 5.11 Å². The molecule has 2 rings (SSSR count). The molecule has 0 saturated carbocycles. The van der Waals surface area contributed by atoms with E-state index in [0.717, 1.165) is 17.4 Å². The van der Waals surface area contributed by atoms with Gasteiger partial charge in [-0.3, -0.25) is 4.72 Å². The average molecular weight is 394 g/mol. The van der Waals surface area contributed by atoms with E-state index in [0.29, 0.717) is 5.56 Å². The monoisotopic (exact) mass is 393 g/mol. The molecule has 0 aliphatic carbocycles. The maximum absolute atomic E-state index is 13.7. The van der Waals surface area contributed by atoms with Gasteiger partial charge in [-0.2, -0.15) is 0 Å². The van der Waals surface area contributed by atoms with Gasteiger partial charge >= 0.3 is 5.97 Å². The minimum absolute atomic E-state index is 0.133. The van der Waals surface area contributed by atoms with Gasteiger partial charge in [0.05, 0.1) is 9.47 Å². The van der Waals surface area contributed by atoms with Crippen molar-refractivity contribution in [1.29, 1.82) is 0 Å². The maximum atomic E-state index is 13.7. The molecule has 0 spiro atoms. The molecule has 0 aliphatic rings. The largest absolute Gasteiger partial charge is 0.477 e. The first-order chi connectivity index (χ1) is 9.70. The second-order valence-corrected chi connectivity index (χ2v) is 8.16. The first-order valence-corrected chi connectivity index (χ1v) is 8.61. The summed E-state index contributed by atoms with van der Waals surface area (Å²) in [5.41, 5.74) is 0.455. The highest BCUT2D eigenvalue weighted by atomic mass is 79.9. The van der Waals surface area contributed by atoms with Gasteiger partial charge < -0.3 is 5.11 Å². The summed E-state index contributed by atoms with van der Waals surface area (Å²) in [7, 11) is -4.08. The molecule has 0 bridgehead atoms. The highest BCUT2D eigenvalue weighted by molar-refractivity contribution is 9.11. The van der Waals surface area contributed by atoms with Crippen LogP contribution in [0.5, 0.6) is 0 Å². The Hall–Kier alpha value is -1.45. The Kier molecular flexibility index (Phi) is 4.35. The Morgan fingerprint density at radius 3 is 2.57 bits per heavy atom. The highest BCUT2D eigenvalue weighted by Gasteiger charge is 2.24. The summed E-state index contributed by atoms with van der Waals surface area (Å²) < 4.78 is 40.3. The lowest BCUT2D eigenvalue weighted by molar-refractivity contribution is 0.0702. The number of rotatable bonds is 4. The fraction of sp³-hybridized carbons (Fsp3) is 0.0833. The Labute approximate surface area is 132 Å². The van der Waals surface area contributed by atoms with E-state index < -0.39 is 21.8 Å². The third-order valence-electron chi connectivity index (χ3n) is 2.52. The van der Waals surface area contributed by atoms with Crippen LogP contribution in [-0.4, -0.2) is 19.5 Å². The minimum Gasteiger partial charge on any atom is -0.477 e. The summed E-state index contributed by atoms with van der Waals surface area (Å²) >= 11 is 3.78. The molecule has 0 unspecified atom stereocenters. The van der Waals surface area contributed by atoms with Crippen molar-refractivity contribution in [2.75, 3.05) is 4.72 Å².